The van der Waals surface area contributed by atoms with E-state index in [-0.39, 0.29) is 11.8 Å². The van der Waals surface area contributed by atoms with E-state index in [0.717, 1.165) is 5.56 Å². The highest BCUT2D eigenvalue weighted by molar-refractivity contribution is 6.11. The van der Waals surface area contributed by atoms with E-state index in [1.54, 1.807) is 48.5 Å². The van der Waals surface area contributed by atoms with Crippen molar-refractivity contribution in [3.05, 3.63) is 77.6 Å². The topological polar surface area (TPSA) is 71.5 Å². The first-order valence-corrected chi connectivity index (χ1v) is 8.45. The molecule has 0 radical (unpaired) electrons. The van der Waals surface area contributed by atoms with Crippen LogP contribution in [0.5, 0.6) is 11.5 Å². The summed E-state index contributed by atoms with van der Waals surface area (Å²) in [5.41, 5.74) is 3.07. The Bertz CT molecular complexity index is 1050. The first-order chi connectivity index (χ1) is 13.0. The average molecular weight is 359 g/mol. The summed E-state index contributed by atoms with van der Waals surface area (Å²) in [5, 5.41) is 2.79. The van der Waals surface area contributed by atoms with Gasteiger partial charge in [-0.05, 0) is 55.0 Å². The monoisotopic (exact) mass is 359 g/mol. The van der Waals surface area contributed by atoms with Gasteiger partial charge in [-0.15, -0.1) is 0 Å². The Morgan fingerprint density at radius 1 is 1.11 bits per heavy atom. The molecule has 1 aliphatic heterocycles. The molecule has 2 heterocycles. The van der Waals surface area contributed by atoms with Crippen molar-refractivity contribution >= 4 is 23.2 Å². The van der Waals surface area contributed by atoms with Gasteiger partial charge in [0.05, 0.1) is 16.8 Å². The van der Waals surface area contributed by atoms with Crippen LogP contribution in [-0.4, -0.2) is 23.8 Å². The third-order valence-electron chi connectivity index (χ3n) is 4.39. The molecule has 0 aliphatic carbocycles. The number of nitrogens with one attached hydrogen (secondary N) is 1. The lowest BCUT2D eigenvalue weighted by atomic mass is 10.1. The van der Waals surface area contributed by atoms with Crippen molar-refractivity contribution in [2.75, 3.05) is 17.3 Å². The van der Waals surface area contributed by atoms with E-state index >= 15 is 0 Å². The molecule has 0 atom stereocenters. The lowest BCUT2D eigenvalue weighted by Crippen LogP contribution is -2.25. The molecule has 2 aromatic carbocycles. The lowest BCUT2D eigenvalue weighted by Gasteiger charge is -2.16. The van der Waals surface area contributed by atoms with Gasteiger partial charge in [-0.1, -0.05) is 6.07 Å². The Kier molecular flexibility index (Phi) is 4.08. The largest absolute Gasteiger partial charge is 0.454 e. The number of hydrogen-bond donors (Lipinski definition) is 1. The summed E-state index contributed by atoms with van der Waals surface area (Å²) in [6.45, 7) is 1.96. The van der Waals surface area contributed by atoms with Gasteiger partial charge in [0, 0.05) is 25.1 Å². The summed E-state index contributed by atoms with van der Waals surface area (Å²) in [5.74, 6) is 0.570. The van der Waals surface area contributed by atoms with E-state index in [4.69, 9.17) is 4.74 Å². The Morgan fingerprint density at radius 3 is 2.70 bits per heavy atom. The fourth-order valence-corrected chi connectivity index (χ4v) is 2.95. The van der Waals surface area contributed by atoms with Crippen molar-refractivity contribution in [3.63, 3.8) is 0 Å². The quantitative estimate of drug-likeness (QED) is 0.750. The van der Waals surface area contributed by atoms with Crippen LogP contribution in [-0.2, 0) is 0 Å². The van der Waals surface area contributed by atoms with Crippen LogP contribution in [0.4, 0.5) is 11.4 Å². The van der Waals surface area contributed by atoms with E-state index < -0.39 is 0 Å². The van der Waals surface area contributed by atoms with E-state index in [0.29, 0.717) is 34.0 Å². The number of benzene rings is 2. The molecule has 0 saturated heterocycles. The summed E-state index contributed by atoms with van der Waals surface area (Å²) < 4.78 is 5.96. The molecule has 4 rings (SSSR count). The molecular weight excluding hydrogens is 342 g/mol. The second kappa shape index (κ2) is 6.57. The second-order valence-corrected chi connectivity index (χ2v) is 6.34. The van der Waals surface area contributed by atoms with E-state index in [2.05, 4.69) is 10.3 Å². The molecule has 2 amide bonds. The maximum atomic E-state index is 12.9. The number of fused-ring (bicyclic) bond motifs is 2. The number of aryl methyl sites for hydroxylation is 1. The van der Waals surface area contributed by atoms with Crippen LogP contribution >= 0.6 is 0 Å². The molecule has 0 bridgehead atoms. The number of aromatic nitrogens is 1. The number of carbonyl (C=O) groups is 2. The van der Waals surface area contributed by atoms with Crippen LogP contribution in [0, 0.1) is 6.92 Å². The molecule has 1 aromatic heterocycles. The van der Waals surface area contributed by atoms with Crippen LogP contribution in [0.15, 0.2) is 60.9 Å². The number of anilines is 2. The Labute approximate surface area is 156 Å². The Morgan fingerprint density at radius 2 is 1.93 bits per heavy atom. The van der Waals surface area contributed by atoms with Crippen molar-refractivity contribution < 1.29 is 14.3 Å². The van der Waals surface area contributed by atoms with Crippen molar-refractivity contribution in [2.45, 2.75) is 6.92 Å². The minimum Gasteiger partial charge on any atom is -0.454 e. The number of rotatable bonds is 2. The summed E-state index contributed by atoms with van der Waals surface area (Å²) >= 11 is 0. The molecule has 134 valence electrons. The van der Waals surface area contributed by atoms with Crippen LogP contribution in [0.1, 0.15) is 26.3 Å². The zero-order valence-corrected chi connectivity index (χ0v) is 14.9. The predicted octanol–water partition coefficient (Wildman–Crippen LogP) is 4.02. The number of carbonyl (C=O) groups excluding carboxylic acids is 2. The van der Waals surface area contributed by atoms with Crippen molar-refractivity contribution in [2.24, 2.45) is 0 Å². The van der Waals surface area contributed by atoms with Gasteiger partial charge in [0.25, 0.3) is 11.8 Å². The predicted molar refractivity (Wildman–Crippen MR) is 103 cm³/mol. The average Bonchev–Trinajstić information content (AvgIpc) is 2.78. The van der Waals surface area contributed by atoms with Crippen LogP contribution in [0.25, 0.3) is 0 Å². The van der Waals surface area contributed by atoms with Gasteiger partial charge in [0.15, 0.2) is 5.75 Å². The minimum atomic E-state index is -0.294. The Balaban J connectivity index is 1.68. The van der Waals surface area contributed by atoms with E-state index in [9.17, 15) is 9.59 Å². The number of amides is 2. The van der Waals surface area contributed by atoms with Crippen LogP contribution < -0.4 is 15.0 Å². The number of hydrogen-bond acceptors (Lipinski definition) is 4. The zero-order valence-electron chi connectivity index (χ0n) is 14.9. The maximum Gasteiger partial charge on any atom is 0.261 e. The molecule has 6 heteroatoms. The zero-order chi connectivity index (χ0) is 19.0. The molecule has 1 N–H and O–H groups in total. The molecule has 0 saturated carbocycles. The minimum absolute atomic E-state index is 0.202. The molecule has 27 heavy (non-hydrogen) atoms. The lowest BCUT2D eigenvalue weighted by molar-refractivity contribution is 0.0990. The number of ether oxygens (including phenoxy) is 1. The fourth-order valence-electron chi connectivity index (χ4n) is 2.95. The summed E-state index contributed by atoms with van der Waals surface area (Å²) in [6.07, 6.45) is 3.09. The first-order valence-electron chi connectivity index (χ1n) is 8.45. The van der Waals surface area contributed by atoms with Gasteiger partial charge in [0.2, 0.25) is 0 Å². The van der Waals surface area contributed by atoms with Crippen molar-refractivity contribution in [1.29, 1.82) is 0 Å². The van der Waals surface area contributed by atoms with Gasteiger partial charge in [0.1, 0.15) is 5.75 Å². The number of nitrogens with zero attached hydrogens (tertiary/aromatic N) is 2. The highest BCUT2D eigenvalue weighted by atomic mass is 16.5. The van der Waals surface area contributed by atoms with Crippen molar-refractivity contribution in [1.82, 2.24) is 4.98 Å². The molecule has 3 aromatic rings. The van der Waals surface area contributed by atoms with Crippen LogP contribution in [0.2, 0.25) is 0 Å². The summed E-state index contributed by atoms with van der Waals surface area (Å²) in [7, 11) is 1.71. The Hall–Kier alpha value is -3.67. The number of pyridine rings is 1. The molecule has 0 unspecified atom stereocenters. The smallest absolute Gasteiger partial charge is 0.261 e. The standard InChI is InChI=1S/C21H17N3O3/c1-13-5-7-19-17(10-13)24(2)21(26)16-11-15(6-8-18(16)27-19)23-20(25)14-4-3-9-22-12-14/h3-12H,1-2H3,(H,23,25). The van der Waals surface area contributed by atoms with E-state index in [1.165, 1.54) is 6.20 Å². The summed E-state index contributed by atoms with van der Waals surface area (Å²) in [4.78, 5) is 30.8. The summed E-state index contributed by atoms with van der Waals surface area (Å²) in [6, 6.07) is 14.1. The third kappa shape index (κ3) is 3.13. The molecular formula is C21H17N3O3. The highest BCUT2D eigenvalue weighted by Gasteiger charge is 2.26. The first kappa shape index (κ1) is 16.8. The van der Waals surface area contributed by atoms with E-state index in [1.807, 2.05) is 25.1 Å². The fraction of sp³-hybridized carbons (Fsp3) is 0.0952. The van der Waals surface area contributed by atoms with Gasteiger partial charge >= 0.3 is 0 Å². The maximum absolute atomic E-state index is 12.9. The van der Waals surface area contributed by atoms with Gasteiger partial charge < -0.3 is 15.0 Å². The van der Waals surface area contributed by atoms with Crippen LogP contribution in [0.3, 0.4) is 0 Å². The van der Waals surface area contributed by atoms with Gasteiger partial charge in [-0.3, -0.25) is 14.6 Å². The molecule has 0 spiro atoms. The molecule has 0 fully saturated rings. The highest BCUT2D eigenvalue weighted by Crippen LogP contribution is 2.39. The van der Waals surface area contributed by atoms with Gasteiger partial charge in [-0.25, -0.2) is 0 Å². The SMILES string of the molecule is Cc1ccc2c(c1)N(C)C(=O)c1cc(NC(=O)c3cccnc3)ccc1O2. The molecule has 1 aliphatic rings. The molecule has 6 nitrogen and oxygen atoms in total. The third-order valence-corrected chi connectivity index (χ3v) is 4.39. The normalized spacial score (nSPS) is 12.5. The second-order valence-electron chi connectivity index (χ2n) is 6.34. The van der Waals surface area contributed by atoms with Gasteiger partial charge in [-0.2, -0.15) is 0 Å². The van der Waals surface area contributed by atoms with Crippen molar-refractivity contribution in [3.8, 4) is 11.5 Å².